The normalized spacial score (nSPS) is 10.9. The van der Waals surface area contributed by atoms with Crippen LogP contribution in [-0.2, 0) is 0 Å². The van der Waals surface area contributed by atoms with Crippen LogP contribution >= 0.6 is 11.3 Å². The molecule has 0 aliphatic carbocycles. The van der Waals surface area contributed by atoms with Crippen LogP contribution in [0, 0.1) is 13.8 Å². The molecule has 0 saturated carbocycles. The van der Waals surface area contributed by atoms with E-state index in [9.17, 15) is 0 Å². The van der Waals surface area contributed by atoms with Crippen LogP contribution in [0.5, 0.6) is 0 Å². The van der Waals surface area contributed by atoms with Crippen molar-refractivity contribution < 1.29 is 0 Å². The van der Waals surface area contributed by atoms with Gasteiger partial charge in [0.25, 0.3) is 0 Å². The van der Waals surface area contributed by atoms with Gasteiger partial charge in [-0.3, -0.25) is 0 Å². The molecular weight excluding hydrogens is 230 g/mol. The zero-order chi connectivity index (χ0) is 11.8. The molecule has 84 valence electrons. The molecule has 0 saturated heterocycles. The summed E-state index contributed by atoms with van der Waals surface area (Å²) in [4.78, 5) is 13.7. The summed E-state index contributed by atoms with van der Waals surface area (Å²) in [6, 6.07) is 7.91. The molecule has 1 aromatic carbocycles. The average Bonchev–Trinajstić information content (AvgIpc) is 2.75. The fourth-order valence-electron chi connectivity index (χ4n) is 1.75. The van der Waals surface area contributed by atoms with Gasteiger partial charge in [-0.15, -0.1) is 11.3 Å². The number of hydrogen-bond acceptors (Lipinski definition) is 4. The predicted octanol–water partition coefficient (Wildman–Crippen LogP) is 3.37. The monoisotopic (exact) mass is 241 g/mol. The Balaban J connectivity index is 2.26. The molecule has 0 bridgehead atoms. The first kappa shape index (κ1) is 10.4. The van der Waals surface area contributed by atoms with Crippen molar-refractivity contribution in [3.8, 4) is 10.7 Å². The standard InChI is InChI=1S/C13H11N3S/c1-8-7-17-13(14-8)12-9(2)15-10-5-3-4-6-11(10)16-12/h3-7H,1-2H3. The third kappa shape index (κ3) is 1.80. The van der Waals surface area contributed by atoms with Crippen molar-refractivity contribution >= 4 is 22.4 Å². The van der Waals surface area contributed by atoms with Crippen LogP contribution in [0.2, 0.25) is 0 Å². The molecule has 17 heavy (non-hydrogen) atoms. The van der Waals surface area contributed by atoms with Crippen LogP contribution in [0.1, 0.15) is 11.4 Å². The van der Waals surface area contributed by atoms with Crippen LogP contribution < -0.4 is 0 Å². The lowest BCUT2D eigenvalue weighted by Gasteiger charge is -2.03. The van der Waals surface area contributed by atoms with Crippen LogP contribution in [0.15, 0.2) is 29.6 Å². The number of hydrogen-bond donors (Lipinski definition) is 0. The first-order valence-electron chi connectivity index (χ1n) is 5.40. The Labute approximate surface area is 103 Å². The molecule has 3 nitrogen and oxygen atoms in total. The van der Waals surface area contributed by atoms with Crippen LogP contribution in [0.4, 0.5) is 0 Å². The van der Waals surface area contributed by atoms with Gasteiger partial charge < -0.3 is 0 Å². The third-order valence-corrected chi connectivity index (χ3v) is 3.53. The molecule has 0 aliphatic heterocycles. The highest BCUT2D eigenvalue weighted by atomic mass is 32.1. The third-order valence-electron chi connectivity index (χ3n) is 2.57. The van der Waals surface area contributed by atoms with E-state index in [0.29, 0.717) is 0 Å². The number of aryl methyl sites for hydroxylation is 2. The van der Waals surface area contributed by atoms with Crippen molar-refractivity contribution in [2.75, 3.05) is 0 Å². The van der Waals surface area contributed by atoms with Gasteiger partial charge in [0.1, 0.15) is 10.7 Å². The highest BCUT2D eigenvalue weighted by molar-refractivity contribution is 7.13. The molecule has 0 atom stereocenters. The Bertz CT molecular complexity index is 688. The number of para-hydroxylation sites is 2. The lowest BCUT2D eigenvalue weighted by molar-refractivity contribution is 1.17. The molecule has 0 aliphatic rings. The number of benzene rings is 1. The van der Waals surface area contributed by atoms with E-state index in [1.807, 2.05) is 43.5 Å². The number of thiazole rings is 1. The van der Waals surface area contributed by atoms with Crippen molar-refractivity contribution in [2.45, 2.75) is 13.8 Å². The summed E-state index contributed by atoms with van der Waals surface area (Å²) in [6.45, 7) is 3.97. The van der Waals surface area contributed by atoms with Crippen molar-refractivity contribution in [2.24, 2.45) is 0 Å². The topological polar surface area (TPSA) is 38.7 Å². The smallest absolute Gasteiger partial charge is 0.144 e. The predicted molar refractivity (Wildman–Crippen MR) is 70.1 cm³/mol. The van der Waals surface area contributed by atoms with Crippen LogP contribution in [-0.4, -0.2) is 15.0 Å². The van der Waals surface area contributed by atoms with E-state index in [4.69, 9.17) is 0 Å². The first-order valence-corrected chi connectivity index (χ1v) is 6.28. The summed E-state index contributed by atoms with van der Waals surface area (Å²) in [6.07, 6.45) is 0. The second kappa shape index (κ2) is 3.89. The summed E-state index contributed by atoms with van der Waals surface area (Å²) < 4.78 is 0. The molecule has 0 N–H and O–H groups in total. The molecular formula is C13H11N3S. The maximum atomic E-state index is 4.64. The van der Waals surface area contributed by atoms with Crippen molar-refractivity contribution in [3.05, 3.63) is 41.0 Å². The van der Waals surface area contributed by atoms with E-state index in [1.165, 1.54) is 0 Å². The number of fused-ring (bicyclic) bond motifs is 1. The minimum atomic E-state index is 0.891. The molecule has 3 aromatic rings. The second-order valence-electron chi connectivity index (χ2n) is 3.94. The van der Waals surface area contributed by atoms with Gasteiger partial charge in [-0.05, 0) is 26.0 Å². The fourth-order valence-corrected chi connectivity index (χ4v) is 2.59. The SMILES string of the molecule is Cc1csc(-c2nc3ccccc3nc2C)n1. The Morgan fingerprint density at radius 1 is 0.941 bits per heavy atom. The summed E-state index contributed by atoms with van der Waals surface area (Å²) in [5.74, 6) is 0. The minimum absolute atomic E-state index is 0.891. The molecule has 0 amide bonds. The van der Waals surface area contributed by atoms with E-state index < -0.39 is 0 Å². The zero-order valence-electron chi connectivity index (χ0n) is 9.64. The molecule has 0 fully saturated rings. The van der Waals surface area contributed by atoms with E-state index in [-0.39, 0.29) is 0 Å². The number of nitrogens with zero attached hydrogens (tertiary/aromatic N) is 3. The largest absolute Gasteiger partial charge is 0.249 e. The minimum Gasteiger partial charge on any atom is -0.249 e. The highest BCUT2D eigenvalue weighted by Crippen LogP contribution is 2.25. The summed E-state index contributed by atoms with van der Waals surface area (Å²) in [5, 5.41) is 2.98. The molecule has 2 aromatic heterocycles. The van der Waals surface area contributed by atoms with E-state index in [1.54, 1.807) is 11.3 Å². The van der Waals surface area contributed by atoms with Gasteiger partial charge in [-0.1, -0.05) is 12.1 Å². The molecule has 3 rings (SSSR count). The van der Waals surface area contributed by atoms with Gasteiger partial charge in [0.2, 0.25) is 0 Å². The number of rotatable bonds is 1. The Morgan fingerprint density at radius 3 is 2.29 bits per heavy atom. The highest BCUT2D eigenvalue weighted by Gasteiger charge is 2.10. The Kier molecular flexibility index (Phi) is 2.37. The lowest BCUT2D eigenvalue weighted by atomic mass is 10.2. The molecule has 4 heteroatoms. The van der Waals surface area contributed by atoms with Crippen molar-refractivity contribution in [3.63, 3.8) is 0 Å². The van der Waals surface area contributed by atoms with Gasteiger partial charge in [-0.25, -0.2) is 15.0 Å². The first-order chi connectivity index (χ1) is 8.24. The molecule has 0 radical (unpaired) electrons. The number of aromatic nitrogens is 3. The van der Waals surface area contributed by atoms with E-state index in [2.05, 4.69) is 15.0 Å². The maximum Gasteiger partial charge on any atom is 0.144 e. The van der Waals surface area contributed by atoms with Gasteiger partial charge in [-0.2, -0.15) is 0 Å². The van der Waals surface area contributed by atoms with E-state index >= 15 is 0 Å². The van der Waals surface area contributed by atoms with Crippen LogP contribution in [0.3, 0.4) is 0 Å². The summed E-state index contributed by atoms with van der Waals surface area (Å²) in [5.41, 5.74) is 4.70. The van der Waals surface area contributed by atoms with Gasteiger partial charge in [0.15, 0.2) is 0 Å². The molecule has 0 unspecified atom stereocenters. The zero-order valence-corrected chi connectivity index (χ0v) is 10.5. The molecule has 0 spiro atoms. The fraction of sp³-hybridized carbons (Fsp3) is 0.154. The summed E-state index contributed by atoms with van der Waals surface area (Å²) in [7, 11) is 0. The Morgan fingerprint density at radius 2 is 1.65 bits per heavy atom. The second-order valence-corrected chi connectivity index (χ2v) is 4.80. The average molecular weight is 241 g/mol. The van der Waals surface area contributed by atoms with Crippen molar-refractivity contribution in [1.82, 2.24) is 15.0 Å². The van der Waals surface area contributed by atoms with Crippen LogP contribution in [0.25, 0.3) is 21.7 Å². The quantitative estimate of drug-likeness (QED) is 0.655. The van der Waals surface area contributed by atoms with Gasteiger partial charge in [0, 0.05) is 11.1 Å². The summed E-state index contributed by atoms with van der Waals surface area (Å²) >= 11 is 1.61. The van der Waals surface area contributed by atoms with Gasteiger partial charge in [0.05, 0.1) is 16.7 Å². The maximum absolute atomic E-state index is 4.64. The molecule has 2 heterocycles. The lowest BCUT2D eigenvalue weighted by Crippen LogP contribution is -1.93. The van der Waals surface area contributed by atoms with Gasteiger partial charge >= 0.3 is 0 Å². The Hall–Kier alpha value is -1.81. The van der Waals surface area contributed by atoms with E-state index in [0.717, 1.165) is 33.1 Å². The van der Waals surface area contributed by atoms with Crippen molar-refractivity contribution in [1.29, 1.82) is 0 Å².